The Bertz CT molecular complexity index is 1480. The number of thiazole rings is 1. The average Bonchev–Trinajstić information content (AvgIpc) is 3.49. The van der Waals surface area contributed by atoms with Crippen molar-refractivity contribution in [1.82, 2.24) is 10.1 Å². The largest absolute Gasteiger partial charge is 0.383 e. The highest BCUT2D eigenvalue weighted by molar-refractivity contribution is 9.10. The molecule has 2 aromatic heterocycles. The quantitative estimate of drug-likeness (QED) is 0.217. The molecule has 11 heteroatoms. The van der Waals surface area contributed by atoms with Crippen LogP contribution < -0.4 is 0 Å². The van der Waals surface area contributed by atoms with Crippen molar-refractivity contribution in [2.24, 2.45) is 0 Å². The van der Waals surface area contributed by atoms with Gasteiger partial charge >= 0.3 is 0 Å². The molecule has 2 aliphatic rings. The number of ether oxygens (including phenoxy) is 1. The lowest BCUT2D eigenvalue weighted by Crippen LogP contribution is -2.34. The number of nitrogens with zero attached hydrogens (tertiary/aromatic N) is 2. The van der Waals surface area contributed by atoms with E-state index >= 15 is 0 Å². The summed E-state index contributed by atoms with van der Waals surface area (Å²) in [4.78, 5) is 4.36. The molecule has 0 aliphatic heterocycles. The van der Waals surface area contributed by atoms with Crippen molar-refractivity contribution in [1.29, 1.82) is 0 Å². The van der Waals surface area contributed by atoms with E-state index in [-0.39, 0.29) is 27.4 Å². The van der Waals surface area contributed by atoms with Crippen molar-refractivity contribution in [2.45, 2.75) is 62.8 Å². The van der Waals surface area contributed by atoms with Crippen LogP contribution in [-0.4, -0.2) is 21.4 Å². The fourth-order valence-electron chi connectivity index (χ4n) is 4.87. The molecule has 2 aliphatic carbocycles. The van der Waals surface area contributed by atoms with Gasteiger partial charge in [-0.15, -0.1) is 11.3 Å². The Hall–Kier alpha value is -1.62. The van der Waals surface area contributed by atoms with Crippen LogP contribution in [0.15, 0.2) is 33.3 Å². The van der Waals surface area contributed by atoms with E-state index < -0.39 is 17.2 Å². The number of aromatic nitrogens is 2. The van der Waals surface area contributed by atoms with Gasteiger partial charge in [0, 0.05) is 23.1 Å². The minimum Gasteiger partial charge on any atom is -0.383 e. The van der Waals surface area contributed by atoms with Crippen molar-refractivity contribution < 1.29 is 23.1 Å². The molecule has 2 aromatic carbocycles. The highest BCUT2D eigenvalue weighted by Crippen LogP contribution is 2.47. The maximum absolute atomic E-state index is 14.5. The molecule has 2 saturated carbocycles. The second-order valence-corrected chi connectivity index (χ2v) is 12.2. The summed E-state index contributed by atoms with van der Waals surface area (Å²) < 4.78 is 40.5. The van der Waals surface area contributed by atoms with E-state index in [4.69, 9.17) is 32.5 Å². The molecule has 4 aromatic rings. The molecule has 6 rings (SSSR count). The number of aliphatic hydroxyl groups is 1. The first kappa shape index (κ1) is 25.6. The number of benzene rings is 2. The van der Waals surface area contributed by atoms with Gasteiger partial charge in [-0.25, -0.2) is 13.8 Å². The van der Waals surface area contributed by atoms with Crippen LogP contribution in [0.3, 0.4) is 0 Å². The highest BCUT2D eigenvalue weighted by atomic mass is 79.9. The predicted octanol–water partition coefficient (Wildman–Crippen LogP) is 8.52. The van der Waals surface area contributed by atoms with E-state index in [1.807, 2.05) is 0 Å². The Morgan fingerprint density at radius 2 is 1.86 bits per heavy atom. The van der Waals surface area contributed by atoms with Gasteiger partial charge in [0.25, 0.3) is 0 Å². The second-order valence-electron chi connectivity index (χ2n) is 9.64. The van der Waals surface area contributed by atoms with Gasteiger partial charge in [0.05, 0.1) is 37.4 Å². The van der Waals surface area contributed by atoms with Crippen molar-refractivity contribution in [3.05, 3.63) is 66.7 Å². The lowest BCUT2D eigenvalue weighted by atomic mass is 9.83. The summed E-state index contributed by atoms with van der Waals surface area (Å²) in [6.45, 7) is 0.287. The minimum absolute atomic E-state index is 0.102. The summed E-state index contributed by atoms with van der Waals surface area (Å²) in [5.74, 6) is -0.285. The zero-order valence-electron chi connectivity index (χ0n) is 19.4. The van der Waals surface area contributed by atoms with E-state index in [9.17, 15) is 13.9 Å². The van der Waals surface area contributed by atoms with Crippen LogP contribution in [0.2, 0.25) is 10.0 Å². The van der Waals surface area contributed by atoms with Crippen LogP contribution >= 0.6 is 50.5 Å². The lowest BCUT2D eigenvalue weighted by Gasteiger charge is -2.34. The normalized spacial score (nSPS) is 22.2. The van der Waals surface area contributed by atoms with Gasteiger partial charge in [0.1, 0.15) is 27.9 Å². The van der Waals surface area contributed by atoms with Gasteiger partial charge in [0.2, 0.25) is 0 Å². The third-order valence-electron chi connectivity index (χ3n) is 7.11. The van der Waals surface area contributed by atoms with Crippen molar-refractivity contribution in [2.75, 3.05) is 0 Å². The fraction of sp³-hybridized carbons (Fsp3) is 0.385. The zero-order valence-corrected chi connectivity index (χ0v) is 23.3. The Kier molecular flexibility index (Phi) is 6.82. The van der Waals surface area contributed by atoms with E-state index in [1.165, 1.54) is 6.07 Å². The number of hydrogen-bond acceptors (Lipinski definition) is 6. The Morgan fingerprint density at radius 3 is 2.54 bits per heavy atom. The molecule has 2 fully saturated rings. The van der Waals surface area contributed by atoms with E-state index in [0.717, 1.165) is 35.5 Å². The number of rotatable bonds is 6. The first-order valence-electron chi connectivity index (χ1n) is 12.0. The van der Waals surface area contributed by atoms with Crippen molar-refractivity contribution >= 4 is 60.7 Å². The zero-order chi connectivity index (χ0) is 25.9. The van der Waals surface area contributed by atoms with Crippen LogP contribution in [0.25, 0.3) is 21.5 Å². The van der Waals surface area contributed by atoms with E-state index in [1.54, 1.807) is 18.2 Å². The summed E-state index contributed by atoms with van der Waals surface area (Å²) in [6, 6.07) is 6.49. The third-order valence-corrected chi connectivity index (χ3v) is 9.72. The van der Waals surface area contributed by atoms with Crippen molar-refractivity contribution in [3.8, 4) is 11.3 Å². The molecule has 0 spiro atoms. The molecule has 0 amide bonds. The van der Waals surface area contributed by atoms with Crippen molar-refractivity contribution in [3.63, 3.8) is 0 Å². The molecule has 0 saturated heterocycles. The summed E-state index contributed by atoms with van der Waals surface area (Å²) in [5.41, 5.74) is 1.07. The van der Waals surface area contributed by atoms with Gasteiger partial charge in [-0.05, 0) is 66.6 Å². The molecule has 2 heterocycles. The summed E-state index contributed by atoms with van der Waals surface area (Å²) in [7, 11) is 0. The average molecular weight is 630 g/mol. The monoisotopic (exact) mass is 628 g/mol. The van der Waals surface area contributed by atoms with Crippen LogP contribution in [0.5, 0.6) is 0 Å². The maximum Gasteiger partial charge on any atom is 0.159 e. The minimum atomic E-state index is -1.22. The van der Waals surface area contributed by atoms with Crippen LogP contribution in [0.4, 0.5) is 8.78 Å². The predicted molar refractivity (Wildman–Crippen MR) is 142 cm³/mol. The number of hydrogen-bond donors (Lipinski definition) is 1. The Labute approximate surface area is 233 Å². The van der Waals surface area contributed by atoms with E-state index in [0.29, 0.717) is 57.9 Å². The second kappa shape index (κ2) is 9.84. The number of fused-ring (bicyclic) bond motifs is 1. The molecule has 37 heavy (non-hydrogen) atoms. The molecule has 1 N–H and O–H groups in total. The van der Waals surface area contributed by atoms with Gasteiger partial charge in [-0.3, -0.25) is 0 Å². The standard InChI is InChI=1S/C26H21BrCl2F2N2O3S/c27-20-17(30)10-18-24(21(20)31)37-25(32-18)26(34)8-6-13(7-9-26)35-11-14-22(33-36-23(14)12-4-5-12)19-15(28)2-1-3-16(19)29/h1-3,10,12-13,34H,4-9,11H2. The molecule has 0 atom stereocenters. The third kappa shape index (κ3) is 4.72. The van der Waals surface area contributed by atoms with Crippen LogP contribution in [0.1, 0.15) is 60.8 Å². The first-order chi connectivity index (χ1) is 17.7. The summed E-state index contributed by atoms with van der Waals surface area (Å²) >= 11 is 16.9. The smallest absolute Gasteiger partial charge is 0.159 e. The highest BCUT2D eigenvalue weighted by Gasteiger charge is 2.39. The molecule has 0 bridgehead atoms. The van der Waals surface area contributed by atoms with Crippen LogP contribution in [0, 0.1) is 11.6 Å². The lowest BCUT2D eigenvalue weighted by molar-refractivity contribution is -0.0640. The number of halogens is 5. The molecule has 194 valence electrons. The summed E-state index contributed by atoms with van der Waals surface area (Å²) in [5, 5.41) is 17.0. The molecule has 0 unspecified atom stereocenters. The van der Waals surface area contributed by atoms with Gasteiger partial charge in [-0.1, -0.05) is 34.4 Å². The first-order valence-corrected chi connectivity index (χ1v) is 14.3. The van der Waals surface area contributed by atoms with Gasteiger partial charge < -0.3 is 14.4 Å². The van der Waals surface area contributed by atoms with Gasteiger partial charge in [-0.2, -0.15) is 0 Å². The SMILES string of the molecule is OC1(c2nc3cc(F)c(Br)c(F)c3s2)CCC(OCc2c(-c3c(Cl)cccc3Cl)noc2C2CC2)CC1. The molecule has 0 radical (unpaired) electrons. The molecule has 5 nitrogen and oxygen atoms in total. The van der Waals surface area contributed by atoms with Gasteiger partial charge in [0.15, 0.2) is 5.82 Å². The maximum atomic E-state index is 14.5. The topological polar surface area (TPSA) is 68.4 Å². The Morgan fingerprint density at radius 1 is 1.16 bits per heavy atom. The Balaban J connectivity index is 1.18. The van der Waals surface area contributed by atoms with Crippen LogP contribution in [-0.2, 0) is 16.9 Å². The summed E-state index contributed by atoms with van der Waals surface area (Å²) in [6.07, 6.45) is 3.93. The fourth-order valence-corrected chi connectivity index (χ4v) is 7.03. The molecular formula is C26H21BrCl2F2N2O3S. The molecular weight excluding hydrogens is 609 g/mol. The van der Waals surface area contributed by atoms with E-state index in [2.05, 4.69) is 26.1 Å².